The molecule has 3 heterocycles. The number of nitrogens with zero attached hydrogens (tertiary/aromatic N) is 3. The number of anilines is 1. The first-order chi connectivity index (χ1) is 10.2. The molecule has 1 aliphatic rings. The van der Waals surface area contributed by atoms with Gasteiger partial charge in [0.05, 0.1) is 5.52 Å². The normalized spacial score (nSPS) is 17.8. The number of aryl methyl sites for hydroxylation is 1. The van der Waals surface area contributed by atoms with Gasteiger partial charge in [-0.3, -0.25) is 9.36 Å². The Hall–Kier alpha value is -2.56. The van der Waals surface area contributed by atoms with Crippen molar-refractivity contribution in [3.8, 4) is 0 Å². The molecule has 0 fully saturated rings. The summed E-state index contributed by atoms with van der Waals surface area (Å²) in [5.41, 5.74) is 7.42. The first-order valence-corrected chi connectivity index (χ1v) is 7.13. The summed E-state index contributed by atoms with van der Waals surface area (Å²) in [6, 6.07) is 7.58. The molecule has 0 aliphatic carbocycles. The van der Waals surface area contributed by atoms with Crippen molar-refractivity contribution in [3.63, 3.8) is 0 Å². The van der Waals surface area contributed by atoms with E-state index >= 15 is 0 Å². The van der Waals surface area contributed by atoms with Crippen LogP contribution in [0.5, 0.6) is 0 Å². The zero-order chi connectivity index (χ0) is 14.4. The molecule has 106 valence electrons. The van der Waals surface area contributed by atoms with Crippen molar-refractivity contribution in [1.82, 2.24) is 14.1 Å². The van der Waals surface area contributed by atoms with Crippen LogP contribution in [0.2, 0.25) is 0 Å². The minimum Gasteiger partial charge on any atom is -0.399 e. The number of nitrogen functional groups attached to an aromatic ring is 1. The molecule has 1 atom stereocenters. The highest BCUT2D eigenvalue weighted by molar-refractivity contribution is 5.94. The number of carbonyl (C=O) groups excluding carboxylic acids is 1. The minimum atomic E-state index is -0.00643. The van der Waals surface area contributed by atoms with E-state index in [-0.39, 0.29) is 11.8 Å². The standard InChI is InChI=1S/C16H16N4O/c17-13-1-2-14-11(9-13)4-7-20(14)16(21)12-3-6-19-8-5-18-15(19)10-12/h1-2,4-5,7-9,12H,3,6,10,17H2. The van der Waals surface area contributed by atoms with E-state index in [1.807, 2.05) is 36.7 Å². The molecule has 1 aliphatic heterocycles. The summed E-state index contributed by atoms with van der Waals surface area (Å²) in [6.07, 6.45) is 7.19. The first-order valence-electron chi connectivity index (χ1n) is 7.13. The van der Waals surface area contributed by atoms with E-state index in [1.54, 1.807) is 10.8 Å². The molecule has 0 amide bonds. The summed E-state index contributed by atoms with van der Waals surface area (Å²) >= 11 is 0. The number of hydrogen-bond acceptors (Lipinski definition) is 3. The molecule has 5 nitrogen and oxygen atoms in total. The fourth-order valence-corrected chi connectivity index (χ4v) is 3.11. The Morgan fingerprint density at radius 3 is 3.10 bits per heavy atom. The van der Waals surface area contributed by atoms with Crippen molar-refractivity contribution in [2.75, 3.05) is 5.73 Å². The van der Waals surface area contributed by atoms with Gasteiger partial charge in [0.1, 0.15) is 5.82 Å². The maximum Gasteiger partial charge on any atom is 0.234 e. The van der Waals surface area contributed by atoms with Gasteiger partial charge in [-0.05, 0) is 30.7 Å². The molecule has 21 heavy (non-hydrogen) atoms. The highest BCUT2D eigenvalue weighted by atomic mass is 16.2. The maximum atomic E-state index is 12.8. The van der Waals surface area contributed by atoms with Gasteiger partial charge in [-0.2, -0.15) is 0 Å². The topological polar surface area (TPSA) is 65.8 Å². The van der Waals surface area contributed by atoms with Gasteiger partial charge in [0.2, 0.25) is 5.91 Å². The van der Waals surface area contributed by atoms with Gasteiger partial charge < -0.3 is 10.3 Å². The maximum absolute atomic E-state index is 12.8. The smallest absolute Gasteiger partial charge is 0.234 e. The lowest BCUT2D eigenvalue weighted by molar-refractivity contribution is 0.0816. The highest BCUT2D eigenvalue weighted by Crippen LogP contribution is 2.24. The fourth-order valence-electron chi connectivity index (χ4n) is 3.11. The predicted octanol–water partition coefficient (Wildman–Crippen LogP) is 2.32. The van der Waals surface area contributed by atoms with Crippen LogP contribution in [0.25, 0.3) is 10.9 Å². The highest BCUT2D eigenvalue weighted by Gasteiger charge is 2.26. The Morgan fingerprint density at radius 2 is 2.19 bits per heavy atom. The quantitative estimate of drug-likeness (QED) is 0.696. The molecule has 0 saturated carbocycles. The average molecular weight is 280 g/mol. The second-order valence-electron chi connectivity index (χ2n) is 5.57. The van der Waals surface area contributed by atoms with Gasteiger partial charge in [-0.15, -0.1) is 0 Å². The van der Waals surface area contributed by atoms with Crippen LogP contribution in [0.4, 0.5) is 5.69 Å². The zero-order valence-corrected chi connectivity index (χ0v) is 11.6. The van der Waals surface area contributed by atoms with E-state index in [0.29, 0.717) is 12.1 Å². The van der Waals surface area contributed by atoms with E-state index < -0.39 is 0 Å². The monoisotopic (exact) mass is 280 g/mol. The van der Waals surface area contributed by atoms with Gasteiger partial charge in [0.15, 0.2) is 0 Å². The summed E-state index contributed by atoms with van der Waals surface area (Å²) in [6.45, 7) is 0.859. The van der Waals surface area contributed by atoms with Crippen LogP contribution in [-0.4, -0.2) is 20.0 Å². The molecule has 1 unspecified atom stereocenters. The molecule has 2 N–H and O–H groups in total. The van der Waals surface area contributed by atoms with Crippen LogP contribution in [-0.2, 0) is 13.0 Å². The van der Waals surface area contributed by atoms with Crippen LogP contribution in [0.15, 0.2) is 42.9 Å². The van der Waals surface area contributed by atoms with E-state index in [2.05, 4.69) is 9.55 Å². The van der Waals surface area contributed by atoms with Crippen molar-refractivity contribution in [1.29, 1.82) is 0 Å². The lowest BCUT2D eigenvalue weighted by Crippen LogP contribution is -2.29. The largest absolute Gasteiger partial charge is 0.399 e. The minimum absolute atomic E-state index is 0.00643. The molecular weight excluding hydrogens is 264 g/mol. The fraction of sp³-hybridized carbons (Fsp3) is 0.250. The third-order valence-electron chi connectivity index (χ3n) is 4.25. The number of imidazole rings is 1. The van der Waals surface area contributed by atoms with Gasteiger partial charge in [-0.1, -0.05) is 0 Å². The van der Waals surface area contributed by atoms with Gasteiger partial charge in [0.25, 0.3) is 0 Å². The second-order valence-corrected chi connectivity index (χ2v) is 5.57. The zero-order valence-electron chi connectivity index (χ0n) is 11.6. The number of rotatable bonds is 1. The molecule has 0 radical (unpaired) electrons. The van der Waals surface area contributed by atoms with E-state index in [4.69, 9.17) is 5.73 Å². The van der Waals surface area contributed by atoms with Crippen molar-refractivity contribution >= 4 is 22.5 Å². The molecule has 0 bridgehead atoms. The molecular formula is C16H16N4O. The molecule has 5 heteroatoms. The summed E-state index contributed by atoms with van der Waals surface area (Å²) in [7, 11) is 0. The van der Waals surface area contributed by atoms with Crippen LogP contribution in [0.1, 0.15) is 17.0 Å². The molecule has 3 aromatic rings. The van der Waals surface area contributed by atoms with Crippen molar-refractivity contribution < 1.29 is 4.79 Å². The van der Waals surface area contributed by atoms with Crippen LogP contribution in [0, 0.1) is 5.92 Å². The van der Waals surface area contributed by atoms with E-state index in [1.165, 1.54) is 0 Å². The third-order valence-corrected chi connectivity index (χ3v) is 4.25. The average Bonchev–Trinajstić information content (AvgIpc) is 3.11. The predicted molar refractivity (Wildman–Crippen MR) is 81.0 cm³/mol. The van der Waals surface area contributed by atoms with Gasteiger partial charge in [0, 0.05) is 48.5 Å². The number of fused-ring (bicyclic) bond motifs is 2. The van der Waals surface area contributed by atoms with Gasteiger partial charge >= 0.3 is 0 Å². The van der Waals surface area contributed by atoms with Crippen molar-refractivity contribution in [3.05, 3.63) is 48.7 Å². The molecule has 0 spiro atoms. The molecule has 1 aromatic carbocycles. The number of aromatic nitrogens is 3. The first kappa shape index (κ1) is 12.2. The van der Waals surface area contributed by atoms with Crippen LogP contribution < -0.4 is 5.73 Å². The summed E-state index contributed by atoms with van der Waals surface area (Å²) in [4.78, 5) is 17.1. The van der Waals surface area contributed by atoms with E-state index in [0.717, 1.165) is 29.7 Å². The number of nitrogens with two attached hydrogens (primary N) is 1. The van der Waals surface area contributed by atoms with Crippen molar-refractivity contribution in [2.45, 2.75) is 19.4 Å². The Morgan fingerprint density at radius 1 is 1.29 bits per heavy atom. The summed E-state index contributed by atoms with van der Waals surface area (Å²) < 4.78 is 3.87. The van der Waals surface area contributed by atoms with Gasteiger partial charge in [-0.25, -0.2) is 4.98 Å². The van der Waals surface area contributed by atoms with E-state index in [9.17, 15) is 4.79 Å². The lowest BCUT2D eigenvalue weighted by atomic mass is 9.97. The lowest BCUT2D eigenvalue weighted by Gasteiger charge is -2.22. The molecule has 4 rings (SSSR count). The SMILES string of the molecule is Nc1ccc2c(ccn2C(=O)C2CCn3ccnc3C2)c1. The molecule has 2 aromatic heterocycles. The van der Waals surface area contributed by atoms with Crippen molar-refractivity contribution in [2.24, 2.45) is 5.92 Å². The number of hydrogen-bond donors (Lipinski definition) is 1. The second kappa shape index (κ2) is 4.48. The van der Waals surface area contributed by atoms with Crippen LogP contribution in [0.3, 0.4) is 0 Å². The molecule has 0 saturated heterocycles. The third kappa shape index (κ3) is 1.93. The Kier molecular flexibility index (Phi) is 2.60. The Bertz CT molecular complexity index is 830. The number of carbonyl (C=O) groups is 1. The summed E-state index contributed by atoms with van der Waals surface area (Å²) in [5, 5.41) is 1.00. The number of benzene rings is 1. The summed E-state index contributed by atoms with van der Waals surface area (Å²) in [5.74, 6) is 1.14. The Balaban J connectivity index is 1.68. The Labute approximate surface area is 122 Å². The van der Waals surface area contributed by atoms with Crippen LogP contribution >= 0.6 is 0 Å².